The van der Waals surface area contributed by atoms with E-state index in [0.29, 0.717) is 12.0 Å². The van der Waals surface area contributed by atoms with Gasteiger partial charge in [0.15, 0.2) is 0 Å². The van der Waals surface area contributed by atoms with Gasteiger partial charge in [-0.2, -0.15) is 0 Å². The molecule has 1 heteroatoms. The minimum Gasteiger partial charge on any atom is -0.363 e. The quantitative estimate of drug-likeness (QED) is 0.500. The lowest BCUT2D eigenvalue weighted by Crippen LogP contribution is -2.17. The van der Waals surface area contributed by atoms with E-state index in [0.717, 1.165) is 6.42 Å². The third-order valence-electron chi connectivity index (χ3n) is 2.41. The van der Waals surface area contributed by atoms with Gasteiger partial charge >= 0.3 is 0 Å². The summed E-state index contributed by atoms with van der Waals surface area (Å²) in [5.74, 6) is 0.551. The van der Waals surface area contributed by atoms with Crippen LogP contribution in [-0.4, -0.2) is 11.7 Å². The summed E-state index contributed by atoms with van der Waals surface area (Å²) in [6, 6.07) is 0. The maximum Gasteiger partial charge on any atom is 0.0850 e. The molecule has 2 bridgehead atoms. The molecule has 3 atom stereocenters. The summed E-state index contributed by atoms with van der Waals surface area (Å²) in [6.07, 6.45) is 7.74. The molecule has 1 nitrogen and oxygen atoms in total. The Bertz CT molecular complexity index is 195. The minimum atomic E-state index is 0.0313. The Balaban J connectivity index is 2.25. The fourth-order valence-corrected chi connectivity index (χ4v) is 1.84. The second kappa shape index (κ2) is 1.73. The van der Waals surface area contributed by atoms with Crippen molar-refractivity contribution in [3.8, 4) is 0 Å². The molecular formula is C9H12O. The van der Waals surface area contributed by atoms with Crippen LogP contribution in [-0.2, 0) is 4.74 Å². The van der Waals surface area contributed by atoms with E-state index in [-0.39, 0.29) is 5.60 Å². The van der Waals surface area contributed by atoms with E-state index in [1.807, 2.05) is 6.08 Å². The predicted octanol–water partition coefficient (Wildman–Crippen LogP) is 1.91. The molecule has 0 aromatic heterocycles. The first-order valence-electron chi connectivity index (χ1n) is 3.73. The highest BCUT2D eigenvalue weighted by atomic mass is 16.5. The fraction of sp³-hybridized carbons (Fsp3) is 0.556. The molecule has 0 spiro atoms. The molecule has 0 aliphatic carbocycles. The number of rotatable bonds is 1. The Morgan fingerprint density at radius 2 is 2.60 bits per heavy atom. The van der Waals surface area contributed by atoms with Gasteiger partial charge in [-0.1, -0.05) is 18.2 Å². The summed E-state index contributed by atoms with van der Waals surface area (Å²) in [7, 11) is 0. The molecule has 54 valence electrons. The van der Waals surface area contributed by atoms with Crippen molar-refractivity contribution in [1.82, 2.24) is 0 Å². The maximum atomic E-state index is 5.68. The van der Waals surface area contributed by atoms with Crippen molar-refractivity contribution in [2.75, 3.05) is 0 Å². The van der Waals surface area contributed by atoms with Crippen molar-refractivity contribution in [1.29, 1.82) is 0 Å². The molecular weight excluding hydrogens is 124 g/mol. The molecule has 1 saturated heterocycles. The second-order valence-corrected chi connectivity index (χ2v) is 3.36. The summed E-state index contributed by atoms with van der Waals surface area (Å²) >= 11 is 0. The highest BCUT2D eigenvalue weighted by Gasteiger charge is 2.43. The summed E-state index contributed by atoms with van der Waals surface area (Å²) < 4.78 is 5.68. The molecule has 2 rings (SSSR count). The van der Waals surface area contributed by atoms with Crippen LogP contribution >= 0.6 is 0 Å². The lowest BCUT2D eigenvalue weighted by molar-refractivity contribution is 0.0438. The van der Waals surface area contributed by atoms with E-state index >= 15 is 0 Å². The summed E-state index contributed by atoms with van der Waals surface area (Å²) in [6.45, 7) is 5.91. The zero-order valence-electron chi connectivity index (χ0n) is 6.21. The van der Waals surface area contributed by atoms with Crippen molar-refractivity contribution < 1.29 is 4.74 Å². The molecule has 2 aliphatic rings. The lowest BCUT2D eigenvalue weighted by atomic mass is 9.88. The van der Waals surface area contributed by atoms with Crippen LogP contribution in [0.25, 0.3) is 0 Å². The number of ether oxygens (including phenoxy) is 1. The van der Waals surface area contributed by atoms with E-state index in [2.05, 4.69) is 25.7 Å². The van der Waals surface area contributed by atoms with Crippen molar-refractivity contribution in [2.24, 2.45) is 5.92 Å². The molecule has 0 radical (unpaired) electrons. The van der Waals surface area contributed by atoms with Gasteiger partial charge in [0.25, 0.3) is 0 Å². The van der Waals surface area contributed by atoms with Crippen LogP contribution in [0.1, 0.15) is 13.3 Å². The van der Waals surface area contributed by atoms with Gasteiger partial charge in [0.2, 0.25) is 0 Å². The molecule has 3 unspecified atom stereocenters. The summed E-state index contributed by atoms with van der Waals surface area (Å²) in [5, 5.41) is 0. The smallest absolute Gasteiger partial charge is 0.0850 e. The Morgan fingerprint density at radius 1 is 1.80 bits per heavy atom. The molecule has 0 amide bonds. The van der Waals surface area contributed by atoms with Gasteiger partial charge in [0.05, 0.1) is 11.7 Å². The van der Waals surface area contributed by atoms with Crippen LogP contribution in [0.3, 0.4) is 0 Å². The molecule has 10 heavy (non-hydrogen) atoms. The maximum absolute atomic E-state index is 5.68. The first-order valence-corrected chi connectivity index (χ1v) is 3.73. The molecule has 1 fully saturated rings. The van der Waals surface area contributed by atoms with E-state index < -0.39 is 0 Å². The zero-order chi connectivity index (χ0) is 7.19. The van der Waals surface area contributed by atoms with Crippen molar-refractivity contribution in [3.63, 3.8) is 0 Å². The average molecular weight is 136 g/mol. The van der Waals surface area contributed by atoms with Crippen LogP contribution in [0.2, 0.25) is 0 Å². The van der Waals surface area contributed by atoms with Gasteiger partial charge < -0.3 is 4.74 Å². The van der Waals surface area contributed by atoms with Gasteiger partial charge in [-0.15, -0.1) is 6.58 Å². The highest BCUT2D eigenvalue weighted by Crippen LogP contribution is 2.41. The molecule has 0 aromatic rings. The van der Waals surface area contributed by atoms with Crippen LogP contribution < -0.4 is 0 Å². The molecule has 0 N–H and O–H groups in total. The predicted molar refractivity (Wildman–Crippen MR) is 40.7 cm³/mol. The Hall–Kier alpha value is -0.560. The van der Waals surface area contributed by atoms with E-state index in [1.54, 1.807) is 0 Å². The SMILES string of the molecule is C=CC1CC2(C)C=CC1O2. The van der Waals surface area contributed by atoms with E-state index in [1.165, 1.54) is 0 Å². The normalized spacial score (nSPS) is 50.1. The number of hydrogen-bond acceptors (Lipinski definition) is 1. The largest absolute Gasteiger partial charge is 0.363 e. The lowest BCUT2D eigenvalue weighted by Gasteiger charge is -2.15. The zero-order valence-corrected chi connectivity index (χ0v) is 6.21. The third kappa shape index (κ3) is 0.671. The van der Waals surface area contributed by atoms with Gasteiger partial charge in [-0.05, 0) is 13.3 Å². The molecule has 2 heterocycles. The van der Waals surface area contributed by atoms with E-state index in [9.17, 15) is 0 Å². The average Bonchev–Trinajstić information content (AvgIpc) is 2.41. The van der Waals surface area contributed by atoms with Crippen molar-refractivity contribution in [2.45, 2.75) is 25.0 Å². The van der Waals surface area contributed by atoms with Crippen LogP contribution in [0.4, 0.5) is 0 Å². The fourth-order valence-electron chi connectivity index (χ4n) is 1.84. The van der Waals surface area contributed by atoms with Crippen LogP contribution in [0, 0.1) is 5.92 Å². The van der Waals surface area contributed by atoms with Crippen molar-refractivity contribution >= 4 is 0 Å². The van der Waals surface area contributed by atoms with Crippen LogP contribution in [0.15, 0.2) is 24.8 Å². The molecule has 0 saturated carbocycles. The first kappa shape index (κ1) is 6.17. The topological polar surface area (TPSA) is 9.23 Å². The first-order chi connectivity index (χ1) is 4.73. The Kier molecular flexibility index (Phi) is 1.07. The van der Waals surface area contributed by atoms with E-state index in [4.69, 9.17) is 4.74 Å². The standard InChI is InChI=1S/C9H12O/c1-3-7-6-9(2)5-4-8(7)10-9/h3-5,7-8H,1,6H2,2H3. The summed E-state index contributed by atoms with van der Waals surface area (Å²) in [5.41, 5.74) is 0.0313. The molecule has 2 aliphatic heterocycles. The van der Waals surface area contributed by atoms with Gasteiger partial charge in [0.1, 0.15) is 0 Å². The Morgan fingerprint density at radius 3 is 2.90 bits per heavy atom. The number of hydrogen-bond donors (Lipinski definition) is 0. The Labute approximate surface area is 61.4 Å². The van der Waals surface area contributed by atoms with Gasteiger partial charge in [-0.3, -0.25) is 0 Å². The van der Waals surface area contributed by atoms with Gasteiger partial charge in [-0.25, -0.2) is 0 Å². The second-order valence-electron chi connectivity index (χ2n) is 3.36. The van der Waals surface area contributed by atoms with Crippen LogP contribution in [0.5, 0.6) is 0 Å². The third-order valence-corrected chi connectivity index (χ3v) is 2.41. The molecule has 0 aromatic carbocycles. The van der Waals surface area contributed by atoms with Crippen molar-refractivity contribution in [3.05, 3.63) is 24.8 Å². The summed E-state index contributed by atoms with van der Waals surface area (Å²) in [4.78, 5) is 0. The number of fused-ring (bicyclic) bond motifs is 2. The minimum absolute atomic E-state index is 0.0313. The monoisotopic (exact) mass is 136 g/mol. The van der Waals surface area contributed by atoms with Gasteiger partial charge in [0, 0.05) is 5.92 Å². The highest BCUT2D eigenvalue weighted by molar-refractivity contribution is 5.20.